The lowest BCUT2D eigenvalue weighted by molar-refractivity contribution is 0.0695. The zero-order chi connectivity index (χ0) is 12.1. The molecule has 0 atom stereocenters. The number of unbranched alkanes of at least 4 members (excludes halogenated alkanes) is 2. The first-order valence-corrected chi connectivity index (χ1v) is 5.46. The Hall–Kier alpha value is -1.36. The van der Waals surface area contributed by atoms with Crippen LogP contribution in [0.15, 0.2) is 0 Å². The maximum atomic E-state index is 10.9. The summed E-state index contributed by atoms with van der Waals surface area (Å²) in [5.41, 5.74) is 1.57. The third-order valence-corrected chi connectivity index (χ3v) is 2.62. The van der Waals surface area contributed by atoms with Crippen LogP contribution in [-0.2, 0) is 6.54 Å². The fraction of sp³-hybridized carbons (Fsp3) is 0.636. The quantitative estimate of drug-likeness (QED) is 0.718. The van der Waals surface area contributed by atoms with Crippen LogP contribution in [0.4, 0.5) is 0 Å². The minimum atomic E-state index is -0.920. The molecule has 1 heterocycles. The summed E-state index contributed by atoms with van der Waals surface area (Å²) in [6, 6.07) is 0. The van der Waals surface area contributed by atoms with Gasteiger partial charge in [-0.3, -0.25) is 4.68 Å². The molecule has 5 nitrogen and oxygen atoms in total. The van der Waals surface area contributed by atoms with Gasteiger partial charge in [0.1, 0.15) is 5.56 Å². The Morgan fingerprint density at radius 2 is 2.00 bits per heavy atom. The molecule has 0 fully saturated rings. The number of carbonyl (C=O) groups is 1. The van der Waals surface area contributed by atoms with Crippen molar-refractivity contribution >= 4 is 5.97 Å². The highest BCUT2D eigenvalue weighted by Crippen LogP contribution is 2.13. The number of hydrogen-bond donors (Lipinski definition) is 2. The van der Waals surface area contributed by atoms with Crippen LogP contribution in [-0.4, -0.2) is 32.6 Å². The van der Waals surface area contributed by atoms with Crippen molar-refractivity contribution in [1.82, 2.24) is 9.78 Å². The molecule has 0 aliphatic heterocycles. The molecule has 90 valence electrons. The number of aryl methyl sites for hydroxylation is 2. The van der Waals surface area contributed by atoms with Gasteiger partial charge in [-0.1, -0.05) is 0 Å². The van der Waals surface area contributed by atoms with Crippen molar-refractivity contribution < 1.29 is 15.0 Å². The third kappa shape index (κ3) is 2.82. The Kier molecular flexibility index (Phi) is 4.49. The molecule has 0 aliphatic rings. The first-order chi connectivity index (χ1) is 7.57. The summed E-state index contributed by atoms with van der Waals surface area (Å²) >= 11 is 0. The molecule has 0 aromatic carbocycles. The minimum Gasteiger partial charge on any atom is -0.478 e. The van der Waals surface area contributed by atoms with Crippen LogP contribution >= 0.6 is 0 Å². The van der Waals surface area contributed by atoms with Crippen molar-refractivity contribution in [2.75, 3.05) is 6.61 Å². The topological polar surface area (TPSA) is 75.3 Å². The predicted octanol–water partition coefficient (Wildman–Crippen LogP) is 1.36. The number of aromatic nitrogens is 2. The number of carboxylic acid groups (broad SMARTS) is 1. The van der Waals surface area contributed by atoms with Gasteiger partial charge in [-0.15, -0.1) is 0 Å². The van der Waals surface area contributed by atoms with Gasteiger partial charge in [0.25, 0.3) is 0 Å². The SMILES string of the molecule is Cc1nn(CCCCCO)c(C)c1C(=O)O. The molecule has 2 N–H and O–H groups in total. The summed E-state index contributed by atoms with van der Waals surface area (Å²) in [7, 11) is 0. The van der Waals surface area contributed by atoms with Gasteiger partial charge in [-0.2, -0.15) is 5.10 Å². The molecule has 0 unspecified atom stereocenters. The van der Waals surface area contributed by atoms with Crippen LogP contribution in [0.25, 0.3) is 0 Å². The molecule has 5 heteroatoms. The Morgan fingerprint density at radius 1 is 1.31 bits per heavy atom. The second-order valence-electron chi connectivity index (χ2n) is 3.86. The van der Waals surface area contributed by atoms with E-state index in [0.29, 0.717) is 23.5 Å². The Morgan fingerprint density at radius 3 is 2.50 bits per heavy atom. The van der Waals surface area contributed by atoms with Crippen LogP contribution in [0.1, 0.15) is 41.0 Å². The predicted molar refractivity (Wildman–Crippen MR) is 59.6 cm³/mol. The minimum absolute atomic E-state index is 0.206. The molecule has 0 radical (unpaired) electrons. The summed E-state index contributed by atoms with van der Waals surface area (Å²) in [5, 5.41) is 21.8. The summed E-state index contributed by atoms with van der Waals surface area (Å²) in [6.07, 6.45) is 2.61. The molecule has 1 aromatic rings. The molecular formula is C11H18N2O3. The Bertz CT molecular complexity index is 372. The average Bonchev–Trinajstić information content (AvgIpc) is 2.49. The molecule has 0 bridgehead atoms. The van der Waals surface area contributed by atoms with Crippen LogP contribution in [0, 0.1) is 13.8 Å². The largest absolute Gasteiger partial charge is 0.478 e. The number of rotatable bonds is 6. The maximum Gasteiger partial charge on any atom is 0.339 e. The van der Waals surface area contributed by atoms with E-state index in [4.69, 9.17) is 10.2 Å². The van der Waals surface area contributed by atoms with E-state index in [1.54, 1.807) is 18.5 Å². The molecule has 16 heavy (non-hydrogen) atoms. The smallest absolute Gasteiger partial charge is 0.339 e. The van der Waals surface area contributed by atoms with Crippen LogP contribution < -0.4 is 0 Å². The fourth-order valence-electron chi connectivity index (χ4n) is 1.77. The number of aromatic carboxylic acids is 1. The molecule has 1 aromatic heterocycles. The first-order valence-electron chi connectivity index (χ1n) is 5.46. The van der Waals surface area contributed by atoms with Crippen molar-refractivity contribution in [3.05, 3.63) is 17.0 Å². The van der Waals surface area contributed by atoms with Gasteiger partial charge in [0.05, 0.1) is 11.4 Å². The monoisotopic (exact) mass is 226 g/mol. The van der Waals surface area contributed by atoms with Crippen LogP contribution in [0.5, 0.6) is 0 Å². The molecule has 0 saturated heterocycles. The van der Waals surface area contributed by atoms with E-state index in [-0.39, 0.29) is 6.61 Å². The highest BCUT2D eigenvalue weighted by Gasteiger charge is 2.16. The summed E-state index contributed by atoms with van der Waals surface area (Å²) < 4.78 is 1.73. The van der Waals surface area contributed by atoms with Crippen LogP contribution in [0.2, 0.25) is 0 Å². The number of hydrogen-bond acceptors (Lipinski definition) is 3. The lowest BCUT2D eigenvalue weighted by atomic mass is 10.2. The maximum absolute atomic E-state index is 10.9. The standard InChI is InChI=1S/C11H18N2O3/c1-8-10(11(15)16)9(2)13(12-8)6-4-3-5-7-14/h14H,3-7H2,1-2H3,(H,15,16). The van der Waals surface area contributed by atoms with Crippen LogP contribution in [0.3, 0.4) is 0 Å². The van der Waals surface area contributed by atoms with E-state index in [2.05, 4.69) is 5.10 Å². The molecule has 1 rings (SSSR count). The first kappa shape index (κ1) is 12.7. The van der Waals surface area contributed by atoms with Crippen molar-refractivity contribution in [2.24, 2.45) is 0 Å². The van der Waals surface area contributed by atoms with E-state index in [1.807, 2.05) is 0 Å². The number of aliphatic hydroxyl groups is 1. The lowest BCUT2D eigenvalue weighted by Crippen LogP contribution is -2.05. The highest BCUT2D eigenvalue weighted by molar-refractivity contribution is 5.90. The molecule has 0 saturated carbocycles. The third-order valence-electron chi connectivity index (χ3n) is 2.62. The molecule has 0 spiro atoms. The Balaban J connectivity index is 2.67. The van der Waals surface area contributed by atoms with E-state index in [9.17, 15) is 4.79 Å². The van der Waals surface area contributed by atoms with Gasteiger partial charge in [0.15, 0.2) is 0 Å². The number of nitrogens with zero attached hydrogens (tertiary/aromatic N) is 2. The summed E-state index contributed by atoms with van der Waals surface area (Å²) in [5.74, 6) is -0.920. The second kappa shape index (κ2) is 5.65. The van der Waals surface area contributed by atoms with E-state index in [1.165, 1.54) is 0 Å². The van der Waals surface area contributed by atoms with Crippen molar-refractivity contribution in [1.29, 1.82) is 0 Å². The molecule has 0 amide bonds. The van der Waals surface area contributed by atoms with E-state index >= 15 is 0 Å². The summed E-state index contributed by atoms with van der Waals surface area (Å²) in [4.78, 5) is 10.9. The zero-order valence-corrected chi connectivity index (χ0v) is 9.73. The van der Waals surface area contributed by atoms with Crippen molar-refractivity contribution in [3.8, 4) is 0 Å². The van der Waals surface area contributed by atoms with E-state index in [0.717, 1.165) is 19.3 Å². The average molecular weight is 226 g/mol. The normalized spacial score (nSPS) is 10.7. The van der Waals surface area contributed by atoms with Gasteiger partial charge in [-0.05, 0) is 33.1 Å². The molecule has 0 aliphatic carbocycles. The van der Waals surface area contributed by atoms with Gasteiger partial charge in [0.2, 0.25) is 0 Å². The fourth-order valence-corrected chi connectivity index (χ4v) is 1.77. The van der Waals surface area contributed by atoms with Crippen molar-refractivity contribution in [2.45, 2.75) is 39.7 Å². The van der Waals surface area contributed by atoms with Crippen molar-refractivity contribution in [3.63, 3.8) is 0 Å². The Labute approximate surface area is 94.7 Å². The molecular weight excluding hydrogens is 208 g/mol. The zero-order valence-electron chi connectivity index (χ0n) is 9.73. The van der Waals surface area contributed by atoms with Gasteiger partial charge in [0, 0.05) is 13.2 Å². The lowest BCUT2D eigenvalue weighted by Gasteiger charge is -2.03. The second-order valence-corrected chi connectivity index (χ2v) is 3.86. The van der Waals surface area contributed by atoms with Gasteiger partial charge < -0.3 is 10.2 Å². The van der Waals surface area contributed by atoms with Gasteiger partial charge in [-0.25, -0.2) is 4.79 Å². The van der Waals surface area contributed by atoms with Gasteiger partial charge >= 0.3 is 5.97 Å². The summed E-state index contributed by atoms with van der Waals surface area (Å²) in [6.45, 7) is 4.40. The number of carboxylic acids is 1. The highest BCUT2D eigenvalue weighted by atomic mass is 16.4. The number of aliphatic hydroxyl groups excluding tert-OH is 1. The van der Waals surface area contributed by atoms with E-state index < -0.39 is 5.97 Å².